The first-order valence-electron chi connectivity index (χ1n) is 8.80. The van der Waals surface area contributed by atoms with E-state index in [0.717, 1.165) is 26.2 Å². The van der Waals surface area contributed by atoms with Crippen LogP contribution in [0.1, 0.15) is 16.1 Å². The molecule has 1 saturated heterocycles. The second-order valence-corrected chi connectivity index (χ2v) is 6.59. The van der Waals surface area contributed by atoms with E-state index in [1.807, 2.05) is 12.1 Å². The molecule has 1 aromatic heterocycles. The van der Waals surface area contributed by atoms with Crippen LogP contribution in [0.2, 0.25) is 0 Å². The maximum absolute atomic E-state index is 15.2. The second-order valence-electron chi connectivity index (χ2n) is 6.59. The number of nitrogens with zero attached hydrogens (tertiary/aromatic N) is 2. The van der Waals surface area contributed by atoms with Gasteiger partial charge in [-0.3, -0.25) is 0 Å². The van der Waals surface area contributed by atoms with Gasteiger partial charge in [0.25, 0.3) is 0 Å². The molecule has 5 nitrogen and oxygen atoms in total. The van der Waals surface area contributed by atoms with E-state index in [9.17, 15) is 14.3 Å². The Kier molecular flexibility index (Phi) is 4.53. The summed E-state index contributed by atoms with van der Waals surface area (Å²) in [7, 11) is 0. The maximum Gasteiger partial charge on any atom is 0.355 e. The Bertz CT molecular complexity index is 993. The number of halogens is 2. The van der Waals surface area contributed by atoms with Crippen LogP contribution < -0.4 is 10.2 Å². The molecule has 1 aliphatic heterocycles. The number of carbonyl (C=O) groups is 1. The van der Waals surface area contributed by atoms with Crippen LogP contribution in [-0.4, -0.2) is 41.8 Å². The van der Waals surface area contributed by atoms with Crippen LogP contribution >= 0.6 is 0 Å². The maximum atomic E-state index is 15.2. The molecule has 0 saturated carbocycles. The number of hydrogen-bond acceptors (Lipinski definition) is 3. The van der Waals surface area contributed by atoms with Gasteiger partial charge in [0.1, 0.15) is 5.82 Å². The Balaban J connectivity index is 1.88. The number of benzene rings is 2. The third-order valence-electron chi connectivity index (χ3n) is 4.92. The number of hydrogen-bond donors (Lipinski definition) is 2. The lowest BCUT2D eigenvalue weighted by molar-refractivity contribution is 0.0681. The van der Waals surface area contributed by atoms with Crippen molar-refractivity contribution in [3.05, 3.63) is 65.4 Å². The van der Waals surface area contributed by atoms with Gasteiger partial charge in [-0.2, -0.15) is 0 Å². The topological polar surface area (TPSA) is 57.5 Å². The number of piperazine rings is 1. The van der Waals surface area contributed by atoms with Crippen LogP contribution in [-0.2, 0) is 6.54 Å². The lowest BCUT2D eigenvalue weighted by atomic mass is 10.1. The van der Waals surface area contributed by atoms with Gasteiger partial charge in [-0.25, -0.2) is 13.6 Å². The summed E-state index contributed by atoms with van der Waals surface area (Å²) >= 11 is 0. The molecule has 2 aromatic carbocycles. The van der Waals surface area contributed by atoms with Crippen molar-refractivity contribution >= 4 is 22.6 Å². The number of carboxylic acids is 1. The van der Waals surface area contributed by atoms with Crippen molar-refractivity contribution in [1.29, 1.82) is 0 Å². The molecule has 2 heterocycles. The standard InChI is InChI=1S/C20H19F2N3O2/c21-14-6-4-13(5-7-14)12-25-16-3-1-2-15(24-10-8-23-9-11-24)17(16)18(22)19(25)20(26)27/h1-7,23H,8-12H2,(H,26,27). The molecule has 0 amide bonds. The summed E-state index contributed by atoms with van der Waals surface area (Å²) in [5, 5.41) is 13.2. The van der Waals surface area contributed by atoms with Crippen LogP contribution in [0.4, 0.5) is 14.5 Å². The van der Waals surface area contributed by atoms with E-state index in [4.69, 9.17) is 0 Å². The number of fused-ring (bicyclic) bond motifs is 1. The summed E-state index contributed by atoms with van der Waals surface area (Å²) in [5.41, 5.74) is 1.54. The molecule has 4 rings (SSSR count). The van der Waals surface area contributed by atoms with E-state index in [0.29, 0.717) is 22.2 Å². The first kappa shape index (κ1) is 17.5. The molecule has 0 aliphatic carbocycles. The number of aromatic nitrogens is 1. The Morgan fingerprint density at radius 3 is 2.44 bits per heavy atom. The van der Waals surface area contributed by atoms with Crippen LogP contribution in [0.5, 0.6) is 0 Å². The van der Waals surface area contributed by atoms with Gasteiger partial charge >= 0.3 is 5.97 Å². The van der Waals surface area contributed by atoms with Gasteiger partial charge in [0.2, 0.25) is 0 Å². The van der Waals surface area contributed by atoms with Crippen molar-refractivity contribution in [1.82, 2.24) is 9.88 Å². The minimum Gasteiger partial charge on any atom is -0.476 e. The van der Waals surface area contributed by atoms with E-state index >= 15 is 4.39 Å². The van der Waals surface area contributed by atoms with Gasteiger partial charge in [0.05, 0.1) is 10.9 Å². The van der Waals surface area contributed by atoms with Gasteiger partial charge in [0, 0.05) is 38.4 Å². The van der Waals surface area contributed by atoms with Crippen molar-refractivity contribution in [2.45, 2.75) is 6.54 Å². The smallest absolute Gasteiger partial charge is 0.355 e. The zero-order valence-electron chi connectivity index (χ0n) is 14.6. The zero-order valence-corrected chi connectivity index (χ0v) is 14.6. The molecule has 1 fully saturated rings. The van der Waals surface area contributed by atoms with Crippen molar-refractivity contribution in [2.24, 2.45) is 0 Å². The van der Waals surface area contributed by atoms with E-state index in [2.05, 4.69) is 10.2 Å². The lowest BCUT2D eigenvalue weighted by Gasteiger charge is -2.30. The van der Waals surface area contributed by atoms with Crippen LogP contribution in [0, 0.1) is 11.6 Å². The average molecular weight is 371 g/mol. The van der Waals surface area contributed by atoms with Crippen molar-refractivity contribution in [3.63, 3.8) is 0 Å². The monoisotopic (exact) mass is 371 g/mol. The minimum absolute atomic E-state index is 0.146. The van der Waals surface area contributed by atoms with E-state index in [1.165, 1.54) is 16.7 Å². The Morgan fingerprint density at radius 2 is 1.78 bits per heavy atom. The third kappa shape index (κ3) is 3.14. The highest BCUT2D eigenvalue weighted by molar-refractivity contribution is 6.01. The van der Waals surface area contributed by atoms with E-state index in [-0.39, 0.29) is 18.1 Å². The molecule has 140 valence electrons. The number of anilines is 1. The minimum atomic E-state index is -1.32. The fraction of sp³-hybridized carbons (Fsp3) is 0.250. The predicted molar refractivity (Wildman–Crippen MR) is 99.4 cm³/mol. The van der Waals surface area contributed by atoms with Gasteiger partial charge in [0.15, 0.2) is 11.5 Å². The van der Waals surface area contributed by atoms with Crippen LogP contribution in [0.15, 0.2) is 42.5 Å². The Morgan fingerprint density at radius 1 is 1.07 bits per heavy atom. The Hall–Kier alpha value is -2.93. The van der Waals surface area contributed by atoms with Gasteiger partial charge in [-0.05, 0) is 29.8 Å². The molecule has 0 radical (unpaired) electrons. The molecule has 27 heavy (non-hydrogen) atoms. The van der Waals surface area contributed by atoms with Crippen molar-refractivity contribution in [3.8, 4) is 0 Å². The quantitative estimate of drug-likeness (QED) is 0.740. The zero-order chi connectivity index (χ0) is 19.0. The summed E-state index contributed by atoms with van der Waals surface area (Å²) in [6.45, 7) is 3.18. The Labute approximate surface area is 154 Å². The van der Waals surface area contributed by atoms with Crippen molar-refractivity contribution in [2.75, 3.05) is 31.1 Å². The molecule has 3 aromatic rings. The summed E-state index contributed by atoms with van der Waals surface area (Å²) in [6, 6.07) is 11.1. The van der Waals surface area contributed by atoms with Gasteiger partial charge < -0.3 is 19.9 Å². The summed E-state index contributed by atoms with van der Waals surface area (Å²) in [4.78, 5) is 13.9. The fourth-order valence-corrected chi connectivity index (χ4v) is 3.65. The summed E-state index contributed by atoms with van der Waals surface area (Å²) in [6.07, 6.45) is 0. The first-order chi connectivity index (χ1) is 13.1. The van der Waals surface area contributed by atoms with Crippen LogP contribution in [0.3, 0.4) is 0 Å². The largest absolute Gasteiger partial charge is 0.476 e. The summed E-state index contributed by atoms with van der Waals surface area (Å²) < 4.78 is 29.8. The molecule has 0 atom stereocenters. The first-order valence-corrected chi connectivity index (χ1v) is 8.80. The molecule has 0 unspecified atom stereocenters. The lowest BCUT2D eigenvalue weighted by Crippen LogP contribution is -2.43. The molecule has 2 N–H and O–H groups in total. The van der Waals surface area contributed by atoms with Gasteiger partial charge in [-0.15, -0.1) is 0 Å². The summed E-state index contributed by atoms with van der Waals surface area (Å²) in [5.74, 6) is -2.42. The fourth-order valence-electron chi connectivity index (χ4n) is 3.65. The molecule has 0 bridgehead atoms. The molecular weight excluding hydrogens is 352 g/mol. The predicted octanol–water partition coefficient (Wildman–Crippen LogP) is 3.08. The highest BCUT2D eigenvalue weighted by Crippen LogP contribution is 2.34. The normalized spacial score (nSPS) is 14.7. The molecular formula is C20H19F2N3O2. The van der Waals surface area contributed by atoms with E-state index in [1.54, 1.807) is 18.2 Å². The van der Waals surface area contributed by atoms with Crippen molar-refractivity contribution < 1.29 is 18.7 Å². The van der Waals surface area contributed by atoms with E-state index < -0.39 is 11.8 Å². The van der Waals surface area contributed by atoms with Gasteiger partial charge in [-0.1, -0.05) is 18.2 Å². The second kappa shape index (κ2) is 7.00. The highest BCUT2D eigenvalue weighted by atomic mass is 19.1. The van der Waals surface area contributed by atoms with Crippen LogP contribution in [0.25, 0.3) is 10.9 Å². The number of nitrogens with one attached hydrogen (secondary N) is 1. The number of carboxylic acid groups (broad SMARTS) is 1. The number of aromatic carboxylic acids is 1. The molecule has 7 heteroatoms. The third-order valence-corrected chi connectivity index (χ3v) is 4.92. The SMILES string of the molecule is O=C(O)c1c(F)c2c(N3CCNCC3)cccc2n1Cc1ccc(F)cc1. The number of rotatable bonds is 4. The average Bonchev–Trinajstić information content (AvgIpc) is 2.96. The molecule has 1 aliphatic rings. The highest BCUT2D eigenvalue weighted by Gasteiger charge is 2.26. The molecule has 0 spiro atoms.